The van der Waals surface area contributed by atoms with Crippen molar-refractivity contribution in [2.75, 3.05) is 6.54 Å². The van der Waals surface area contributed by atoms with Gasteiger partial charge in [0.1, 0.15) is 0 Å². The summed E-state index contributed by atoms with van der Waals surface area (Å²) in [5, 5.41) is 4.34. The first-order valence-corrected chi connectivity index (χ1v) is 7.19. The topological polar surface area (TPSA) is 38.1 Å². The molecule has 0 amide bonds. The summed E-state index contributed by atoms with van der Waals surface area (Å²) in [6, 6.07) is 4.16. The van der Waals surface area contributed by atoms with Crippen molar-refractivity contribution in [3.63, 3.8) is 0 Å². The summed E-state index contributed by atoms with van der Waals surface area (Å²) < 4.78 is 6.26. The number of hydrogen-bond acceptors (Lipinski definition) is 4. The van der Waals surface area contributed by atoms with Crippen LogP contribution in [-0.4, -0.2) is 11.5 Å². The third-order valence-electron chi connectivity index (χ3n) is 2.52. The molecule has 3 nitrogen and oxygen atoms in total. The predicted molar refractivity (Wildman–Crippen MR) is 74.3 cm³/mol. The third kappa shape index (κ3) is 2.78. The second-order valence-corrected chi connectivity index (χ2v) is 5.66. The van der Waals surface area contributed by atoms with E-state index in [1.165, 1.54) is 4.88 Å². The van der Waals surface area contributed by atoms with Gasteiger partial charge in [0, 0.05) is 10.9 Å². The van der Waals surface area contributed by atoms with Crippen LogP contribution >= 0.6 is 27.3 Å². The molecule has 0 aromatic carbocycles. The van der Waals surface area contributed by atoms with Crippen LogP contribution in [0.25, 0.3) is 10.8 Å². The molecule has 2 heterocycles. The van der Waals surface area contributed by atoms with E-state index in [4.69, 9.17) is 4.42 Å². The van der Waals surface area contributed by atoms with Crippen LogP contribution in [0.4, 0.5) is 0 Å². The lowest BCUT2D eigenvalue weighted by Gasteiger charge is -2.09. The highest BCUT2D eigenvalue weighted by atomic mass is 79.9. The molecule has 2 rings (SSSR count). The van der Waals surface area contributed by atoms with Gasteiger partial charge in [-0.15, -0.1) is 11.3 Å². The van der Waals surface area contributed by atoms with Crippen LogP contribution in [0.15, 0.2) is 21.2 Å². The molecule has 0 spiro atoms. The van der Waals surface area contributed by atoms with E-state index in [0.717, 1.165) is 27.7 Å². The first-order valence-electron chi connectivity index (χ1n) is 5.58. The van der Waals surface area contributed by atoms with E-state index in [1.54, 1.807) is 11.3 Å². The molecule has 5 heteroatoms. The number of rotatable bonds is 4. The Labute approximate surface area is 113 Å². The summed E-state index contributed by atoms with van der Waals surface area (Å²) in [5.74, 6) is 0.819. The van der Waals surface area contributed by atoms with Crippen LogP contribution < -0.4 is 5.32 Å². The standard InChI is InChI=1S/C12H15BrN2OS/c1-4-14-7(2)11-8(3)15-12(17-11)9-5-6-10(13)16-9/h5-7,14H,4H2,1-3H3. The molecule has 0 bridgehead atoms. The first-order chi connectivity index (χ1) is 8.11. The summed E-state index contributed by atoms with van der Waals surface area (Å²) in [4.78, 5) is 5.83. The molecule has 2 aromatic rings. The van der Waals surface area contributed by atoms with Crippen LogP contribution in [0.5, 0.6) is 0 Å². The molecule has 1 unspecified atom stereocenters. The van der Waals surface area contributed by atoms with Gasteiger partial charge in [-0.3, -0.25) is 0 Å². The lowest BCUT2D eigenvalue weighted by Crippen LogP contribution is -2.17. The Morgan fingerprint density at radius 2 is 2.29 bits per heavy atom. The van der Waals surface area contributed by atoms with Gasteiger partial charge in [-0.25, -0.2) is 4.98 Å². The second-order valence-electron chi connectivity index (χ2n) is 3.85. The van der Waals surface area contributed by atoms with Crippen LogP contribution in [-0.2, 0) is 0 Å². The number of nitrogens with zero attached hydrogens (tertiary/aromatic N) is 1. The van der Waals surface area contributed by atoms with E-state index in [9.17, 15) is 0 Å². The summed E-state index contributed by atoms with van der Waals surface area (Å²) in [7, 11) is 0. The largest absolute Gasteiger partial charge is 0.447 e. The van der Waals surface area contributed by atoms with Crippen molar-refractivity contribution in [2.45, 2.75) is 26.8 Å². The molecular formula is C12H15BrN2OS. The number of thiazole rings is 1. The molecule has 0 saturated carbocycles. The fourth-order valence-electron chi connectivity index (χ4n) is 1.74. The summed E-state index contributed by atoms with van der Waals surface area (Å²) in [6.45, 7) is 7.27. The normalized spacial score (nSPS) is 12.9. The van der Waals surface area contributed by atoms with Gasteiger partial charge in [0.15, 0.2) is 15.4 Å². The summed E-state index contributed by atoms with van der Waals surface area (Å²) >= 11 is 4.99. The van der Waals surface area contributed by atoms with Crippen LogP contribution in [0.1, 0.15) is 30.5 Å². The second kappa shape index (κ2) is 5.33. The van der Waals surface area contributed by atoms with E-state index in [1.807, 2.05) is 19.1 Å². The maximum Gasteiger partial charge on any atom is 0.170 e. The summed E-state index contributed by atoms with van der Waals surface area (Å²) in [5.41, 5.74) is 1.07. The minimum atomic E-state index is 0.338. The van der Waals surface area contributed by atoms with Crippen molar-refractivity contribution >= 4 is 27.3 Å². The Hall–Kier alpha value is -0.650. The zero-order valence-corrected chi connectivity index (χ0v) is 12.5. The Morgan fingerprint density at radius 3 is 2.88 bits per heavy atom. The maximum absolute atomic E-state index is 5.52. The van der Waals surface area contributed by atoms with Crippen molar-refractivity contribution in [2.24, 2.45) is 0 Å². The van der Waals surface area contributed by atoms with Crippen molar-refractivity contribution in [3.8, 4) is 10.8 Å². The van der Waals surface area contributed by atoms with E-state index in [2.05, 4.69) is 40.1 Å². The third-order valence-corrected chi connectivity index (χ3v) is 4.30. The monoisotopic (exact) mass is 314 g/mol. The smallest absolute Gasteiger partial charge is 0.170 e. The molecule has 2 aromatic heterocycles. The maximum atomic E-state index is 5.52. The van der Waals surface area contributed by atoms with Gasteiger partial charge in [0.2, 0.25) is 0 Å². The molecule has 1 N–H and O–H groups in total. The molecule has 0 aliphatic carbocycles. The number of furan rings is 1. The van der Waals surface area contributed by atoms with Crippen LogP contribution in [0.3, 0.4) is 0 Å². The van der Waals surface area contributed by atoms with Crippen molar-refractivity contribution < 1.29 is 4.42 Å². The lowest BCUT2D eigenvalue weighted by molar-refractivity contribution is 0.555. The van der Waals surface area contributed by atoms with Gasteiger partial charge in [0.05, 0.1) is 5.69 Å². The zero-order valence-electron chi connectivity index (χ0n) is 10.1. The van der Waals surface area contributed by atoms with Gasteiger partial charge in [-0.05, 0) is 48.5 Å². The quantitative estimate of drug-likeness (QED) is 0.921. The highest BCUT2D eigenvalue weighted by molar-refractivity contribution is 9.10. The number of aromatic nitrogens is 1. The van der Waals surface area contributed by atoms with Gasteiger partial charge >= 0.3 is 0 Å². The Morgan fingerprint density at radius 1 is 1.53 bits per heavy atom. The fourth-order valence-corrected chi connectivity index (χ4v) is 3.10. The molecule has 1 atom stereocenters. The molecule has 92 valence electrons. The Kier molecular flexibility index (Phi) is 4.01. The number of halogens is 1. The Bertz CT molecular complexity index is 506. The predicted octanol–water partition coefficient (Wildman–Crippen LogP) is 4.14. The van der Waals surface area contributed by atoms with E-state index < -0.39 is 0 Å². The fraction of sp³-hybridized carbons (Fsp3) is 0.417. The van der Waals surface area contributed by atoms with Gasteiger partial charge < -0.3 is 9.73 Å². The molecule has 0 aliphatic rings. The Balaban J connectivity index is 2.30. The van der Waals surface area contributed by atoms with Crippen LogP contribution in [0.2, 0.25) is 0 Å². The lowest BCUT2D eigenvalue weighted by atomic mass is 10.2. The molecule has 17 heavy (non-hydrogen) atoms. The van der Waals surface area contributed by atoms with Crippen molar-refractivity contribution in [3.05, 3.63) is 27.4 Å². The first kappa shape index (κ1) is 12.8. The number of aryl methyl sites for hydroxylation is 1. The van der Waals surface area contributed by atoms with Gasteiger partial charge in [0.25, 0.3) is 0 Å². The molecular weight excluding hydrogens is 300 g/mol. The minimum Gasteiger partial charge on any atom is -0.447 e. The summed E-state index contributed by atoms with van der Waals surface area (Å²) in [6.07, 6.45) is 0. The van der Waals surface area contributed by atoms with Crippen molar-refractivity contribution in [1.82, 2.24) is 10.3 Å². The highest BCUT2D eigenvalue weighted by Gasteiger charge is 2.16. The molecule has 0 radical (unpaired) electrons. The van der Waals surface area contributed by atoms with E-state index in [-0.39, 0.29) is 0 Å². The number of hydrogen-bond donors (Lipinski definition) is 1. The highest BCUT2D eigenvalue weighted by Crippen LogP contribution is 2.33. The van der Waals surface area contributed by atoms with Crippen molar-refractivity contribution in [1.29, 1.82) is 0 Å². The number of nitrogens with one attached hydrogen (secondary N) is 1. The molecule has 0 fully saturated rings. The molecule has 0 saturated heterocycles. The minimum absolute atomic E-state index is 0.338. The zero-order chi connectivity index (χ0) is 12.4. The SMILES string of the molecule is CCNC(C)c1sc(-c2ccc(Br)o2)nc1C. The van der Waals surface area contributed by atoms with Crippen LogP contribution in [0, 0.1) is 6.92 Å². The average Bonchev–Trinajstić information content (AvgIpc) is 2.85. The van der Waals surface area contributed by atoms with E-state index in [0.29, 0.717) is 6.04 Å². The van der Waals surface area contributed by atoms with Gasteiger partial charge in [-0.1, -0.05) is 6.92 Å². The molecule has 0 aliphatic heterocycles. The average molecular weight is 315 g/mol. The van der Waals surface area contributed by atoms with Gasteiger partial charge in [-0.2, -0.15) is 0 Å². The van der Waals surface area contributed by atoms with E-state index >= 15 is 0 Å².